The molecule has 0 fully saturated rings. The molecule has 1 heterocycles. The molecule has 5 heteroatoms. The van der Waals surface area contributed by atoms with Gasteiger partial charge in [0.15, 0.2) is 0 Å². The van der Waals surface area contributed by atoms with Gasteiger partial charge in [-0.05, 0) is 19.9 Å². The fourth-order valence-electron chi connectivity index (χ4n) is 1.63. The molecule has 2 N–H and O–H groups in total. The van der Waals surface area contributed by atoms with E-state index in [1.807, 2.05) is 0 Å². The highest BCUT2D eigenvalue weighted by atomic mass is 16.4. The Hall–Kier alpha value is -1.65. The van der Waals surface area contributed by atoms with E-state index in [-0.39, 0.29) is 11.8 Å². The number of carboxylic acid groups (broad SMARTS) is 1. The van der Waals surface area contributed by atoms with E-state index in [1.165, 1.54) is 6.08 Å². The Bertz CT molecular complexity index is 410. The number of hydrogen-bond acceptors (Lipinski definition) is 3. The van der Waals surface area contributed by atoms with Gasteiger partial charge in [0, 0.05) is 18.1 Å². The number of aliphatic carboxylic acids is 1. The van der Waals surface area contributed by atoms with Crippen molar-refractivity contribution in [2.24, 2.45) is 16.3 Å². The third kappa shape index (κ3) is 3.15. The van der Waals surface area contributed by atoms with Crippen LogP contribution in [-0.4, -0.2) is 22.7 Å². The van der Waals surface area contributed by atoms with Crippen LogP contribution in [0.15, 0.2) is 16.9 Å². The van der Waals surface area contributed by atoms with Gasteiger partial charge in [-0.15, -0.1) is 0 Å². The summed E-state index contributed by atoms with van der Waals surface area (Å²) in [5.74, 6) is -0.910. The lowest BCUT2D eigenvalue weighted by atomic mass is 9.83. The van der Waals surface area contributed by atoms with Crippen LogP contribution < -0.4 is 5.32 Å². The van der Waals surface area contributed by atoms with Gasteiger partial charge in [0.05, 0.1) is 5.41 Å². The average molecular weight is 238 g/mol. The maximum absolute atomic E-state index is 11.5. The van der Waals surface area contributed by atoms with Gasteiger partial charge in [-0.2, -0.15) is 0 Å². The first kappa shape index (κ1) is 13.4. The summed E-state index contributed by atoms with van der Waals surface area (Å²) < 4.78 is 0. The first-order valence-corrected chi connectivity index (χ1v) is 5.56. The summed E-state index contributed by atoms with van der Waals surface area (Å²) in [4.78, 5) is 26.9. The van der Waals surface area contributed by atoms with Crippen LogP contribution in [0.3, 0.4) is 0 Å². The molecule has 0 spiro atoms. The number of nitrogens with one attached hydrogen (secondary N) is 1. The normalized spacial score (nSPS) is 24.1. The summed E-state index contributed by atoms with van der Waals surface area (Å²) in [7, 11) is 0. The van der Waals surface area contributed by atoms with E-state index in [2.05, 4.69) is 10.3 Å². The Labute approximate surface area is 101 Å². The van der Waals surface area contributed by atoms with Crippen LogP contribution in [0.5, 0.6) is 0 Å². The highest BCUT2D eigenvalue weighted by molar-refractivity contribution is 5.92. The van der Waals surface area contributed by atoms with Gasteiger partial charge in [-0.25, -0.2) is 4.99 Å². The van der Waals surface area contributed by atoms with Gasteiger partial charge >= 0.3 is 5.97 Å². The summed E-state index contributed by atoms with van der Waals surface area (Å²) in [6.07, 6.45) is 1.87. The van der Waals surface area contributed by atoms with E-state index in [0.29, 0.717) is 18.0 Å². The molecule has 0 aromatic rings. The molecular weight excluding hydrogens is 220 g/mol. The highest BCUT2D eigenvalue weighted by Crippen LogP contribution is 2.29. The molecule has 1 atom stereocenters. The fourth-order valence-corrected chi connectivity index (χ4v) is 1.63. The molecule has 0 saturated carbocycles. The second kappa shape index (κ2) is 4.69. The van der Waals surface area contributed by atoms with Crippen LogP contribution in [0.2, 0.25) is 0 Å². The van der Waals surface area contributed by atoms with Crippen LogP contribution in [0.25, 0.3) is 0 Å². The average Bonchev–Trinajstić information content (AvgIpc) is 2.15. The van der Waals surface area contributed by atoms with Crippen molar-refractivity contribution in [2.45, 2.75) is 34.1 Å². The molecule has 0 saturated heterocycles. The second-order valence-corrected chi connectivity index (χ2v) is 4.92. The largest absolute Gasteiger partial charge is 0.481 e. The Morgan fingerprint density at radius 3 is 2.59 bits per heavy atom. The minimum Gasteiger partial charge on any atom is -0.481 e. The van der Waals surface area contributed by atoms with E-state index >= 15 is 0 Å². The lowest BCUT2D eigenvalue weighted by Gasteiger charge is -2.25. The van der Waals surface area contributed by atoms with E-state index in [4.69, 9.17) is 5.11 Å². The number of carbonyl (C=O) groups is 2. The Balaban J connectivity index is 2.94. The van der Waals surface area contributed by atoms with Gasteiger partial charge in [0.25, 0.3) is 0 Å². The SMILES string of the molecule is CC1=NC(NC(=O)C(C)C)=C[C@@](C)(C(=O)O)C1. The van der Waals surface area contributed by atoms with E-state index in [0.717, 1.165) is 0 Å². The standard InChI is InChI=1S/C12H18N2O3/c1-7(2)10(15)14-9-6-12(4,11(16)17)5-8(3)13-9/h6-7H,5H2,1-4H3,(H,14,15)(H,16,17)/t12-/m0/s1. The zero-order valence-electron chi connectivity index (χ0n) is 10.6. The van der Waals surface area contributed by atoms with Gasteiger partial charge in [-0.3, -0.25) is 9.59 Å². The number of rotatable bonds is 3. The predicted octanol–water partition coefficient (Wildman–Crippen LogP) is 1.56. The Morgan fingerprint density at radius 1 is 1.53 bits per heavy atom. The van der Waals surface area contributed by atoms with E-state index in [1.54, 1.807) is 27.7 Å². The number of nitrogens with zero attached hydrogens (tertiary/aromatic N) is 1. The number of carboxylic acids is 1. The van der Waals surface area contributed by atoms with Crippen LogP contribution in [0.1, 0.15) is 34.1 Å². The second-order valence-electron chi connectivity index (χ2n) is 4.92. The first-order valence-electron chi connectivity index (χ1n) is 5.56. The molecular formula is C12H18N2O3. The van der Waals surface area contributed by atoms with Crippen LogP contribution in [0, 0.1) is 11.3 Å². The zero-order chi connectivity index (χ0) is 13.2. The van der Waals surface area contributed by atoms with Crippen molar-refractivity contribution < 1.29 is 14.7 Å². The highest BCUT2D eigenvalue weighted by Gasteiger charge is 2.35. The summed E-state index contributed by atoms with van der Waals surface area (Å²) in [6.45, 7) is 6.92. The van der Waals surface area contributed by atoms with Gasteiger partial charge in [-0.1, -0.05) is 13.8 Å². The number of aliphatic imine (C=N–C) groups is 1. The maximum Gasteiger partial charge on any atom is 0.313 e. The van der Waals surface area contributed by atoms with E-state index in [9.17, 15) is 9.59 Å². The lowest BCUT2D eigenvalue weighted by Crippen LogP contribution is -2.35. The van der Waals surface area contributed by atoms with Crippen molar-refractivity contribution in [3.05, 3.63) is 11.9 Å². The van der Waals surface area contributed by atoms with Gasteiger partial charge in [0.2, 0.25) is 5.91 Å². The molecule has 0 bridgehead atoms. The third-order valence-corrected chi connectivity index (χ3v) is 2.65. The van der Waals surface area contributed by atoms with Crippen LogP contribution in [0.4, 0.5) is 0 Å². The third-order valence-electron chi connectivity index (χ3n) is 2.65. The monoisotopic (exact) mass is 238 g/mol. The topological polar surface area (TPSA) is 78.8 Å². The summed E-state index contributed by atoms with van der Waals surface area (Å²) in [5, 5.41) is 11.8. The Morgan fingerprint density at radius 2 is 2.12 bits per heavy atom. The minimum atomic E-state index is -0.995. The molecule has 17 heavy (non-hydrogen) atoms. The lowest BCUT2D eigenvalue weighted by molar-refractivity contribution is -0.145. The van der Waals surface area contributed by atoms with Crippen LogP contribution >= 0.6 is 0 Å². The minimum absolute atomic E-state index is 0.163. The molecule has 94 valence electrons. The Kier molecular flexibility index (Phi) is 3.70. The quantitative estimate of drug-likeness (QED) is 0.783. The molecule has 1 amide bonds. The number of carbonyl (C=O) groups excluding carboxylic acids is 1. The molecule has 1 aliphatic rings. The molecule has 0 unspecified atom stereocenters. The molecule has 0 aromatic heterocycles. The number of hydrogen-bond donors (Lipinski definition) is 2. The molecule has 0 radical (unpaired) electrons. The molecule has 1 rings (SSSR count). The fraction of sp³-hybridized carbons (Fsp3) is 0.583. The van der Waals surface area contributed by atoms with Crippen LogP contribution in [-0.2, 0) is 9.59 Å². The smallest absolute Gasteiger partial charge is 0.313 e. The van der Waals surface area contributed by atoms with Crippen molar-refractivity contribution in [3.63, 3.8) is 0 Å². The maximum atomic E-state index is 11.5. The molecule has 0 aromatic carbocycles. The summed E-state index contributed by atoms with van der Waals surface area (Å²) >= 11 is 0. The number of amides is 1. The van der Waals surface area contributed by atoms with Crippen molar-refractivity contribution in [1.82, 2.24) is 5.32 Å². The van der Waals surface area contributed by atoms with Gasteiger partial charge in [0.1, 0.15) is 5.82 Å². The predicted molar refractivity (Wildman–Crippen MR) is 64.5 cm³/mol. The van der Waals surface area contributed by atoms with Crippen molar-refractivity contribution in [2.75, 3.05) is 0 Å². The van der Waals surface area contributed by atoms with Crippen molar-refractivity contribution in [1.29, 1.82) is 0 Å². The first-order chi connectivity index (χ1) is 7.74. The molecule has 5 nitrogen and oxygen atoms in total. The van der Waals surface area contributed by atoms with Crippen molar-refractivity contribution >= 4 is 17.6 Å². The summed E-state index contributed by atoms with van der Waals surface area (Å²) in [6, 6.07) is 0. The van der Waals surface area contributed by atoms with Gasteiger partial charge < -0.3 is 10.4 Å². The zero-order valence-corrected chi connectivity index (χ0v) is 10.6. The summed E-state index contributed by atoms with van der Waals surface area (Å²) in [5.41, 5.74) is -0.290. The molecule has 1 aliphatic heterocycles. The molecule has 0 aliphatic carbocycles. The van der Waals surface area contributed by atoms with Crippen molar-refractivity contribution in [3.8, 4) is 0 Å². The van der Waals surface area contributed by atoms with E-state index < -0.39 is 11.4 Å².